The minimum absolute atomic E-state index is 0.532. The van der Waals surface area contributed by atoms with Crippen LogP contribution in [0.2, 0.25) is 0 Å². The molecule has 1 aromatic carbocycles. The van der Waals surface area contributed by atoms with Crippen LogP contribution in [0.4, 0.5) is 0 Å². The fourth-order valence-electron chi connectivity index (χ4n) is 1.03. The van der Waals surface area contributed by atoms with Gasteiger partial charge in [-0.3, -0.25) is 0 Å². The third-order valence-electron chi connectivity index (χ3n) is 1.72. The molecule has 0 radical (unpaired) electrons. The molecule has 1 rings (SSSR count). The molecule has 0 amide bonds. The van der Waals surface area contributed by atoms with Crippen LogP contribution in [0, 0.1) is 0 Å². The molecule has 0 aliphatic carbocycles. The molecule has 0 aliphatic rings. The lowest BCUT2D eigenvalue weighted by molar-refractivity contribution is -0.109. The molecule has 0 bridgehead atoms. The van der Waals surface area contributed by atoms with Crippen LogP contribution < -0.4 is 10.5 Å². The summed E-state index contributed by atoms with van der Waals surface area (Å²) < 4.78 is 5.25. The van der Waals surface area contributed by atoms with E-state index >= 15 is 0 Å². The number of ether oxygens (including phenoxy) is 1. The quantitative estimate of drug-likeness (QED) is 0.708. The van der Waals surface area contributed by atoms with Crippen molar-refractivity contribution in [2.24, 2.45) is 5.73 Å². The number of carbonyl (C=O) groups excluding carboxylic acids is 1. The molecule has 0 saturated carbocycles. The SMILES string of the molecule is CCOc1ccc(C(N)C=O)cc1. The van der Waals surface area contributed by atoms with Gasteiger partial charge in [-0.1, -0.05) is 12.1 Å². The fraction of sp³-hybridized carbons (Fsp3) is 0.300. The van der Waals surface area contributed by atoms with Gasteiger partial charge < -0.3 is 15.3 Å². The van der Waals surface area contributed by atoms with Crippen LogP contribution >= 0.6 is 0 Å². The summed E-state index contributed by atoms with van der Waals surface area (Å²) in [6.07, 6.45) is 0.718. The monoisotopic (exact) mass is 179 g/mol. The first-order valence-corrected chi connectivity index (χ1v) is 4.21. The number of benzene rings is 1. The van der Waals surface area contributed by atoms with Crippen LogP contribution in [-0.2, 0) is 4.79 Å². The molecule has 0 fully saturated rings. The Morgan fingerprint density at radius 1 is 1.46 bits per heavy atom. The number of rotatable bonds is 4. The molecule has 3 nitrogen and oxygen atoms in total. The average molecular weight is 179 g/mol. The van der Waals surface area contributed by atoms with E-state index < -0.39 is 6.04 Å². The van der Waals surface area contributed by atoms with Gasteiger partial charge in [0.05, 0.1) is 12.6 Å². The molecular formula is C10H13NO2. The molecule has 70 valence electrons. The largest absolute Gasteiger partial charge is 0.494 e. The van der Waals surface area contributed by atoms with Gasteiger partial charge in [-0.05, 0) is 24.6 Å². The van der Waals surface area contributed by atoms with E-state index in [1.54, 1.807) is 12.1 Å². The van der Waals surface area contributed by atoms with Crippen molar-refractivity contribution in [3.05, 3.63) is 29.8 Å². The Balaban J connectivity index is 2.74. The van der Waals surface area contributed by atoms with Crippen molar-refractivity contribution in [1.82, 2.24) is 0 Å². The molecule has 2 N–H and O–H groups in total. The summed E-state index contributed by atoms with van der Waals surface area (Å²) in [6, 6.07) is 6.68. The van der Waals surface area contributed by atoms with E-state index in [0.717, 1.165) is 17.6 Å². The second-order valence-corrected chi connectivity index (χ2v) is 2.66. The Morgan fingerprint density at radius 3 is 2.54 bits per heavy atom. The lowest BCUT2D eigenvalue weighted by Gasteiger charge is -2.06. The van der Waals surface area contributed by atoms with Gasteiger partial charge in [0.15, 0.2) is 0 Å². The lowest BCUT2D eigenvalue weighted by atomic mass is 10.1. The van der Waals surface area contributed by atoms with Gasteiger partial charge in [0.2, 0.25) is 0 Å². The van der Waals surface area contributed by atoms with Gasteiger partial charge in [-0.2, -0.15) is 0 Å². The van der Waals surface area contributed by atoms with Crippen LogP contribution in [0.1, 0.15) is 18.5 Å². The molecule has 0 heterocycles. The Labute approximate surface area is 77.5 Å². The minimum Gasteiger partial charge on any atom is -0.494 e. The highest BCUT2D eigenvalue weighted by Gasteiger charge is 2.02. The van der Waals surface area contributed by atoms with E-state index in [2.05, 4.69) is 0 Å². The van der Waals surface area contributed by atoms with E-state index in [1.165, 1.54) is 0 Å². The highest BCUT2D eigenvalue weighted by atomic mass is 16.5. The molecule has 0 spiro atoms. The summed E-state index contributed by atoms with van der Waals surface area (Å²) in [5.74, 6) is 0.796. The minimum atomic E-state index is -0.532. The van der Waals surface area contributed by atoms with Crippen LogP contribution in [0.5, 0.6) is 5.75 Å². The molecule has 3 heteroatoms. The van der Waals surface area contributed by atoms with Crippen LogP contribution in [0.25, 0.3) is 0 Å². The summed E-state index contributed by atoms with van der Waals surface area (Å²) >= 11 is 0. The number of hydrogen-bond donors (Lipinski definition) is 1. The van der Waals surface area contributed by atoms with E-state index in [0.29, 0.717) is 6.61 Å². The average Bonchev–Trinajstić information content (AvgIpc) is 2.18. The van der Waals surface area contributed by atoms with Crippen molar-refractivity contribution < 1.29 is 9.53 Å². The summed E-state index contributed by atoms with van der Waals surface area (Å²) in [5, 5.41) is 0. The zero-order valence-corrected chi connectivity index (χ0v) is 7.57. The molecule has 0 saturated heterocycles. The normalized spacial score (nSPS) is 12.2. The van der Waals surface area contributed by atoms with Crippen LogP contribution in [0.3, 0.4) is 0 Å². The van der Waals surface area contributed by atoms with E-state index in [1.807, 2.05) is 19.1 Å². The molecule has 13 heavy (non-hydrogen) atoms. The van der Waals surface area contributed by atoms with Crippen LogP contribution in [-0.4, -0.2) is 12.9 Å². The first-order chi connectivity index (χ1) is 6.27. The van der Waals surface area contributed by atoms with Gasteiger partial charge >= 0.3 is 0 Å². The molecule has 1 atom stereocenters. The Morgan fingerprint density at radius 2 is 2.08 bits per heavy atom. The maximum Gasteiger partial charge on any atom is 0.141 e. The topological polar surface area (TPSA) is 52.3 Å². The van der Waals surface area contributed by atoms with Gasteiger partial charge in [0, 0.05) is 0 Å². The third kappa shape index (κ3) is 2.56. The lowest BCUT2D eigenvalue weighted by Crippen LogP contribution is -2.10. The van der Waals surface area contributed by atoms with E-state index in [9.17, 15) is 4.79 Å². The van der Waals surface area contributed by atoms with Gasteiger partial charge in [0.25, 0.3) is 0 Å². The predicted molar refractivity (Wildman–Crippen MR) is 50.6 cm³/mol. The summed E-state index contributed by atoms with van der Waals surface area (Å²) in [6.45, 7) is 2.56. The maximum atomic E-state index is 10.4. The molecular weight excluding hydrogens is 166 g/mol. The predicted octanol–water partition coefficient (Wildman–Crippen LogP) is 1.28. The highest BCUT2D eigenvalue weighted by Crippen LogP contribution is 2.15. The van der Waals surface area contributed by atoms with Crippen molar-refractivity contribution in [1.29, 1.82) is 0 Å². The molecule has 1 unspecified atom stereocenters. The second-order valence-electron chi connectivity index (χ2n) is 2.66. The highest BCUT2D eigenvalue weighted by molar-refractivity contribution is 5.61. The number of hydrogen-bond acceptors (Lipinski definition) is 3. The summed E-state index contributed by atoms with van der Waals surface area (Å²) in [5.41, 5.74) is 6.31. The van der Waals surface area contributed by atoms with Crippen molar-refractivity contribution in [2.45, 2.75) is 13.0 Å². The Bertz CT molecular complexity index is 269. The standard InChI is InChI=1S/C10H13NO2/c1-2-13-9-5-3-8(4-6-9)10(11)7-12/h3-7,10H,2,11H2,1H3. The Hall–Kier alpha value is -1.35. The zero-order valence-electron chi connectivity index (χ0n) is 7.57. The van der Waals surface area contributed by atoms with Crippen molar-refractivity contribution in [2.75, 3.05) is 6.61 Å². The smallest absolute Gasteiger partial charge is 0.141 e. The fourth-order valence-corrected chi connectivity index (χ4v) is 1.03. The molecule has 0 aliphatic heterocycles. The Kier molecular flexibility index (Phi) is 3.46. The summed E-state index contributed by atoms with van der Waals surface area (Å²) in [7, 11) is 0. The van der Waals surface area contributed by atoms with Gasteiger partial charge in [-0.15, -0.1) is 0 Å². The second kappa shape index (κ2) is 4.62. The number of carbonyl (C=O) groups is 1. The van der Waals surface area contributed by atoms with Crippen molar-refractivity contribution >= 4 is 6.29 Å². The molecule has 0 aromatic heterocycles. The number of nitrogens with two attached hydrogens (primary N) is 1. The maximum absolute atomic E-state index is 10.4. The number of aldehydes is 1. The van der Waals surface area contributed by atoms with Crippen molar-refractivity contribution in [3.8, 4) is 5.75 Å². The third-order valence-corrected chi connectivity index (χ3v) is 1.72. The summed E-state index contributed by atoms with van der Waals surface area (Å²) in [4.78, 5) is 10.4. The zero-order chi connectivity index (χ0) is 9.68. The van der Waals surface area contributed by atoms with Crippen LogP contribution in [0.15, 0.2) is 24.3 Å². The van der Waals surface area contributed by atoms with E-state index in [4.69, 9.17) is 10.5 Å². The van der Waals surface area contributed by atoms with Crippen molar-refractivity contribution in [3.63, 3.8) is 0 Å². The van der Waals surface area contributed by atoms with Gasteiger partial charge in [-0.25, -0.2) is 0 Å². The van der Waals surface area contributed by atoms with Gasteiger partial charge in [0.1, 0.15) is 12.0 Å². The van der Waals surface area contributed by atoms with E-state index in [-0.39, 0.29) is 0 Å². The first-order valence-electron chi connectivity index (χ1n) is 4.21. The molecule has 1 aromatic rings. The first kappa shape index (κ1) is 9.74.